The predicted octanol–water partition coefficient (Wildman–Crippen LogP) is 16.7. The first-order valence-electron chi connectivity index (χ1n) is 22.4. The summed E-state index contributed by atoms with van der Waals surface area (Å²) in [4.78, 5) is 2.50. The molecule has 11 rings (SSSR count). The van der Waals surface area contributed by atoms with Gasteiger partial charge in [0, 0.05) is 33.3 Å². The third-order valence-electron chi connectivity index (χ3n) is 14.8. The van der Waals surface area contributed by atoms with Crippen LogP contribution in [0.5, 0.6) is 0 Å². The second kappa shape index (κ2) is 13.3. The number of benzene rings is 8. The van der Waals surface area contributed by atoms with Crippen LogP contribution in [0.3, 0.4) is 0 Å². The Bertz CT molecular complexity index is 3000. The van der Waals surface area contributed by atoms with Crippen LogP contribution in [0, 0.1) is 0 Å². The molecule has 0 radical (unpaired) electrons. The van der Waals surface area contributed by atoms with Gasteiger partial charge in [-0.1, -0.05) is 184 Å². The Balaban J connectivity index is 1.19. The van der Waals surface area contributed by atoms with Crippen LogP contribution in [0.15, 0.2) is 170 Å². The fraction of sp³-hybridized carbons (Fsp3) is 0.213. The Morgan fingerprint density at radius 2 is 0.677 bits per heavy atom. The molecule has 0 spiro atoms. The van der Waals surface area contributed by atoms with Crippen molar-refractivity contribution in [1.82, 2.24) is 0 Å². The van der Waals surface area contributed by atoms with Crippen molar-refractivity contribution in [3.63, 3.8) is 0 Å². The molecule has 1 nitrogen and oxygen atoms in total. The average molecular weight is 802 g/mol. The van der Waals surface area contributed by atoms with Crippen molar-refractivity contribution in [1.29, 1.82) is 0 Å². The molecule has 62 heavy (non-hydrogen) atoms. The highest BCUT2D eigenvalue weighted by atomic mass is 15.1. The third kappa shape index (κ3) is 5.53. The number of rotatable bonds is 5. The van der Waals surface area contributed by atoms with Gasteiger partial charge in [-0.05, 0) is 149 Å². The van der Waals surface area contributed by atoms with E-state index in [2.05, 4.69) is 237 Å². The zero-order valence-electron chi connectivity index (χ0n) is 37.6. The number of fused-ring (bicyclic) bond motifs is 9. The first-order chi connectivity index (χ1) is 29.7. The predicted molar refractivity (Wildman–Crippen MR) is 263 cm³/mol. The minimum absolute atomic E-state index is 0.115. The maximum absolute atomic E-state index is 2.51. The summed E-state index contributed by atoms with van der Waals surface area (Å²) in [6, 6.07) is 64.6. The van der Waals surface area contributed by atoms with Crippen molar-refractivity contribution in [2.75, 3.05) is 4.90 Å². The maximum atomic E-state index is 2.51. The van der Waals surface area contributed by atoms with E-state index in [4.69, 9.17) is 0 Å². The lowest BCUT2D eigenvalue weighted by atomic mass is 9.75. The van der Waals surface area contributed by atoms with Gasteiger partial charge in [0.15, 0.2) is 0 Å². The average Bonchev–Trinajstić information content (AvgIpc) is 3.75. The van der Waals surface area contributed by atoms with Crippen LogP contribution in [0.1, 0.15) is 101 Å². The van der Waals surface area contributed by atoms with E-state index in [1.165, 1.54) is 94.6 Å². The molecule has 0 saturated heterocycles. The number of hydrogen-bond donors (Lipinski definition) is 0. The van der Waals surface area contributed by atoms with Gasteiger partial charge in [0.25, 0.3) is 0 Å². The Morgan fingerprint density at radius 1 is 0.306 bits per heavy atom. The summed E-state index contributed by atoms with van der Waals surface area (Å²) in [6.07, 6.45) is 0. The topological polar surface area (TPSA) is 3.24 Å². The number of hydrogen-bond acceptors (Lipinski definition) is 1. The van der Waals surface area contributed by atoms with Gasteiger partial charge in [0.1, 0.15) is 0 Å². The lowest BCUT2D eigenvalue weighted by Crippen LogP contribution is -2.19. The molecule has 0 heterocycles. The van der Waals surface area contributed by atoms with E-state index in [1.807, 2.05) is 0 Å². The molecule has 1 heteroatoms. The summed E-state index contributed by atoms with van der Waals surface area (Å²) < 4.78 is 0. The van der Waals surface area contributed by atoms with Gasteiger partial charge in [-0.3, -0.25) is 0 Å². The van der Waals surface area contributed by atoms with E-state index in [-0.39, 0.29) is 21.7 Å². The van der Waals surface area contributed by atoms with Crippen LogP contribution in [0.25, 0.3) is 55.6 Å². The van der Waals surface area contributed by atoms with E-state index in [0.29, 0.717) is 0 Å². The SMILES string of the molecule is CC(C)(C)c1c(-c2ccc3c(c2)C(C)(C)c2ccccc2-3)cc(N(c2ccccc2)c2ccc3c(c2)C(C)(C)c2ccccc2-3)cc1-c1ccc2c(c1)C(C)(C)c1ccccc1-2. The molecule has 0 unspecified atom stereocenters. The smallest absolute Gasteiger partial charge is 0.0474 e. The molecular formula is C61H55N. The summed E-state index contributed by atoms with van der Waals surface area (Å²) in [7, 11) is 0. The van der Waals surface area contributed by atoms with Gasteiger partial charge in [0.2, 0.25) is 0 Å². The molecule has 0 atom stereocenters. The largest absolute Gasteiger partial charge is 0.310 e. The Hall–Kier alpha value is -6.44. The van der Waals surface area contributed by atoms with Gasteiger partial charge in [-0.15, -0.1) is 0 Å². The summed E-state index contributed by atoms with van der Waals surface area (Å²) in [5, 5.41) is 0. The molecule has 3 aliphatic rings. The first-order valence-corrected chi connectivity index (χ1v) is 22.4. The van der Waals surface area contributed by atoms with Gasteiger partial charge in [-0.25, -0.2) is 0 Å². The van der Waals surface area contributed by atoms with Crippen LogP contribution in [0.2, 0.25) is 0 Å². The maximum Gasteiger partial charge on any atom is 0.0474 e. The summed E-state index contributed by atoms with van der Waals surface area (Å²) in [5.74, 6) is 0. The summed E-state index contributed by atoms with van der Waals surface area (Å²) in [6.45, 7) is 21.5. The van der Waals surface area contributed by atoms with Crippen LogP contribution in [0.4, 0.5) is 17.1 Å². The molecule has 0 aromatic heterocycles. The van der Waals surface area contributed by atoms with Crippen molar-refractivity contribution in [3.8, 4) is 55.6 Å². The summed E-state index contributed by atoms with van der Waals surface area (Å²) >= 11 is 0. The third-order valence-corrected chi connectivity index (χ3v) is 14.8. The van der Waals surface area contributed by atoms with Crippen molar-refractivity contribution in [2.24, 2.45) is 0 Å². The standard InChI is InChI=1S/C61H55N/c1-58(2,3)57-49(38-27-30-46-43-21-13-16-24-51(43)59(4,5)54(46)33-38)35-42(36-50(57)39-28-31-47-44-22-14-17-25-52(44)60(6,7)55(47)34-39)62(40-19-11-10-12-20-40)41-29-32-48-45-23-15-18-26-53(45)61(8,9)56(48)37-41/h10-37H,1-9H3. The Morgan fingerprint density at radius 3 is 1.11 bits per heavy atom. The van der Waals surface area contributed by atoms with Crippen LogP contribution in [-0.2, 0) is 21.7 Å². The van der Waals surface area contributed by atoms with Crippen molar-refractivity contribution in [2.45, 2.75) is 84.0 Å². The molecule has 0 amide bonds. The normalized spacial score (nSPS) is 15.6. The van der Waals surface area contributed by atoms with Gasteiger partial charge in [-0.2, -0.15) is 0 Å². The molecule has 0 fully saturated rings. The zero-order chi connectivity index (χ0) is 42.9. The lowest BCUT2D eigenvalue weighted by molar-refractivity contribution is 0.593. The zero-order valence-corrected chi connectivity index (χ0v) is 37.6. The van der Waals surface area contributed by atoms with E-state index < -0.39 is 0 Å². The second-order valence-corrected chi connectivity index (χ2v) is 20.6. The monoisotopic (exact) mass is 801 g/mol. The molecule has 8 aromatic rings. The quantitative estimate of drug-likeness (QED) is 0.168. The summed E-state index contributed by atoms with van der Waals surface area (Å²) in [5.41, 5.74) is 25.7. The number of para-hydroxylation sites is 1. The van der Waals surface area contributed by atoms with Crippen LogP contribution in [-0.4, -0.2) is 0 Å². The molecule has 3 aliphatic carbocycles. The fourth-order valence-corrected chi connectivity index (χ4v) is 11.6. The molecule has 0 N–H and O–H groups in total. The molecule has 0 aliphatic heterocycles. The van der Waals surface area contributed by atoms with Crippen molar-refractivity contribution < 1.29 is 0 Å². The highest BCUT2D eigenvalue weighted by Crippen LogP contribution is 2.55. The van der Waals surface area contributed by atoms with Crippen LogP contribution < -0.4 is 4.90 Å². The number of anilines is 3. The second-order valence-electron chi connectivity index (χ2n) is 20.6. The highest BCUT2D eigenvalue weighted by Gasteiger charge is 2.39. The lowest BCUT2D eigenvalue weighted by Gasteiger charge is -2.33. The molecule has 8 aromatic carbocycles. The van der Waals surface area contributed by atoms with Gasteiger partial charge >= 0.3 is 0 Å². The molecule has 0 bridgehead atoms. The number of nitrogens with zero attached hydrogens (tertiary/aromatic N) is 1. The van der Waals surface area contributed by atoms with Crippen molar-refractivity contribution >= 4 is 17.1 Å². The fourth-order valence-electron chi connectivity index (χ4n) is 11.6. The van der Waals surface area contributed by atoms with E-state index in [0.717, 1.165) is 17.1 Å². The highest BCUT2D eigenvalue weighted by molar-refractivity contribution is 5.93. The minimum atomic E-state index is -0.181. The molecular weight excluding hydrogens is 747 g/mol. The van der Waals surface area contributed by atoms with E-state index in [9.17, 15) is 0 Å². The van der Waals surface area contributed by atoms with E-state index >= 15 is 0 Å². The molecule has 0 saturated carbocycles. The van der Waals surface area contributed by atoms with Crippen LogP contribution >= 0.6 is 0 Å². The molecule has 304 valence electrons. The Labute approximate surface area is 368 Å². The Kier molecular flexibility index (Phi) is 8.24. The van der Waals surface area contributed by atoms with Gasteiger partial charge < -0.3 is 4.90 Å². The van der Waals surface area contributed by atoms with Gasteiger partial charge in [0.05, 0.1) is 0 Å². The van der Waals surface area contributed by atoms with Crippen molar-refractivity contribution in [3.05, 3.63) is 209 Å². The van der Waals surface area contributed by atoms with E-state index in [1.54, 1.807) is 0 Å². The first kappa shape index (κ1) is 38.5. The minimum Gasteiger partial charge on any atom is -0.310 e.